The molecule has 3 rings (SSSR count). The molecule has 0 unspecified atom stereocenters. The predicted octanol–water partition coefficient (Wildman–Crippen LogP) is 1.00. The van der Waals surface area contributed by atoms with Gasteiger partial charge in [0, 0.05) is 44.9 Å². The largest absolute Gasteiger partial charge is 0.339 e. The number of aromatic nitrogens is 1. The highest BCUT2D eigenvalue weighted by Gasteiger charge is 2.57. The molecular formula is C15H18FN3O2. The topological polar surface area (TPSA) is 53.5 Å². The summed E-state index contributed by atoms with van der Waals surface area (Å²) in [5, 5.41) is 0. The molecule has 21 heavy (non-hydrogen) atoms. The van der Waals surface area contributed by atoms with E-state index in [-0.39, 0.29) is 18.4 Å². The number of likely N-dealkylation sites (tertiary alicyclic amines) is 2. The van der Waals surface area contributed by atoms with Gasteiger partial charge in [-0.3, -0.25) is 14.6 Å². The molecule has 3 heterocycles. The third-order valence-electron chi connectivity index (χ3n) is 4.44. The van der Waals surface area contributed by atoms with Gasteiger partial charge in [-0.25, -0.2) is 4.39 Å². The summed E-state index contributed by atoms with van der Waals surface area (Å²) < 4.78 is 15.1. The zero-order valence-electron chi connectivity index (χ0n) is 12.0. The molecule has 0 radical (unpaired) electrons. The van der Waals surface area contributed by atoms with Crippen molar-refractivity contribution in [2.45, 2.75) is 25.6 Å². The minimum absolute atomic E-state index is 0.116. The van der Waals surface area contributed by atoms with Crippen molar-refractivity contribution in [1.29, 1.82) is 0 Å². The van der Waals surface area contributed by atoms with Crippen LogP contribution in [0.2, 0.25) is 0 Å². The van der Waals surface area contributed by atoms with Crippen LogP contribution in [-0.2, 0) is 16.1 Å². The van der Waals surface area contributed by atoms with E-state index in [9.17, 15) is 9.59 Å². The Bertz CT molecular complexity index is 565. The lowest BCUT2D eigenvalue weighted by Gasteiger charge is -2.37. The van der Waals surface area contributed by atoms with Crippen LogP contribution in [0, 0.1) is 5.92 Å². The molecule has 2 aliphatic heterocycles. The molecule has 0 bridgehead atoms. The second-order valence-electron chi connectivity index (χ2n) is 5.84. The maximum absolute atomic E-state index is 15.1. The molecule has 112 valence electrons. The Morgan fingerprint density at radius 3 is 3.05 bits per heavy atom. The van der Waals surface area contributed by atoms with E-state index in [1.54, 1.807) is 18.5 Å². The average Bonchev–Trinajstić information content (AvgIpc) is 2.83. The number of halogens is 1. The lowest BCUT2D eigenvalue weighted by atomic mass is 9.85. The molecule has 0 aromatic carbocycles. The first-order valence-corrected chi connectivity index (χ1v) is 7.13. The molecule has 2 amide bonds. The van der Waals surface area contributed by atoms with Gasteiger partial charge in [-0.1, -0.05) is 6.07 Å². The number of hydrogen-bond donors (Lipinski definition) is 0. The number of carbonyl (C=O) groups excluding carboxylic acids is 2. The number of piperidine rings is 1. The maximum atomic E-state index is 15.1. The second-order valence-corrected chi connectivity index (χ2v) is 5.84. The molecule has 2 saturated heterocycles. The van der Waals surface area contributed by atoms with Crippen molar-refractivity contribution in [2.75, 3.05) is 19.6 Å². The third-order valence-corrected chi connectivity index (χ3v) is 4.44. The monoisotopic (exact) mass is 291 g/mol. The highest BCUT2D eigenvalue weighted by molar-refractivity contribution is 5.88. The Kier molecular flexibility index (Phi) is 3.39. The molecule has 2 atom stereocenters. The standard InChI is InChI=1S/C15H18FN3O2/c1-11(20)19-9-13-4-6-18(14(21)15(13,16)10-19)8-12-3-2-5-17-7-12/h2-3,5,7,13H,4,6,8-10H2,1H3/t13-,15-/m0/s1. The number of carbonyl (C=O) groups is 2. The van der Waals surface area contributed by atoms with Crippen LogP contribution in [0.1, 0.15) is 18.9 Å². The van der Waals surface area contributed by atoms with Gasteiger partial charge in [0.15, 0.2) is 0 Å². The van der Waals surface area contributed by atoms with Crippen LogP contribution in [0.3, 0.4) is 0 Å². The summed E-state index contributed by atoms with van der Waals surface area (Å²) in [5.74, 6) is -1.04. The molecule has 1 aromatic heterocycles. The van der Waals surface area contributed by atoms with Gasteiger partial charge in [-0.2, -0.15) is 0 Å². The Morgan fingerprint density at radius 1 is 1.57 bits per heavy atom. The molecule has 0 aliphatic carbocycles. The fourth-order valence-corrected chi connectivity index (χ4v) is 3.22. The summed E-state index contributed by atoms with van der Waals surface area (Å²) >= 11 is 0. The molecule has 1 aromatic rings. The first-order valence-electron chi connectivity index (χ1n) is 7.13. The lowest BCUT2D eigenvalue weighted by molar-refractivity contribution is -0.151. The van der Waals surface area contributed by atoms with Crippen LogP contribution in [0.4, 0.5) is 4.39 Å². The van der Waals surface area contributed by atoms with Gasteiger partial charge in [0.2, 0.25) is 11.6 Å². The summed E-state index contributed by atoms with van der Waals surface area (Å²) in [4.78, 5) is 30.9. The summed E-state index contributed by atoms with van der Waals surface area (Å²) in [5.41, 5.74) is -1.04. The minimum Gasteiger partial charge on any atom is -0.339 e. The van der Waals surface area contributed by atoms with Crippen molar-refractivity contribution >= 4 is 11.8 Å². The van der Waals surface area contributed by atoms with Crippen LogP contribution in [-0.4, -0.2) is 51.9 Å². The van der Waals surface area contributed by atoms with E-state index < -0.39 is 11.6 Å². The third kappa shape index (κ3) is 2.39. The van der Waals surface area contributed by atoms with Crippen molar-refractivity contribution in [3.8, 4) is 0 Å². The quantitative estimate of drug-likeness (QED) is 0.817. The van der Waals surface area contributed by atoms with E-state index in [0.29, 0.717) is 26.1 Å². The predicted molar refractivity (Wildman–Crippen MR) is 73.9 cm³/mol. The Balaban J connectivity index is 1.77. The first-order chi connectivity index (χ1) is 10.0. The number of hydrogen-bond acceptors (Lipinski definition) is 3. The van der Waals surface area contributed by atoms with Gasteiger partial charge in [0.05, 0.1) is 6.54 Å². The Morgan fingerprint density at radius 2 is 2.38 bits per heavy atom. The first kappa shape index (κ1) is 14.0. The summed E-state index contributed by atoms with van der Waals surface area (Å²) in [6.07, 6.45) is 3.93. The van der Waals surface area contributed by atoms with Gasteiger partial charge in [0.25, 0.3) is 5.91 Å². The second kappa shape index (κ2) is 5.09. The smallest absolute Gasteiger partial charge is 0.262 e. The highest BCUT2D eigenvalue weighted by atomic mass is 19.1. The zero-order valence-corrected chi connectivity index (χ0v) is 12.0. The molecule has 2 fully saturated rings. The van der Waals surface area contributed by atoms with Crippen molar-refractivity contribution in [1.82, 2.24) is 14.8 Å². The van der Waals surface area contributed by atoms with Crippen molar-refractivity contribution < 1.29 is 14.0 Å². The van der Waals surface area contributed by atoms with Crippen LogP contribution >= 0.6 is 0 Å². The number of amides is 2. The van der Waals surface area contributed by atoms with Crippen molar-refractivity contribution in [3.05, 3.63) is 30.1 Å². The maximum Gasteiger partial charge on any atom is 0.262 e. The van der Waals surface area contributed by atoms with E-state index in [4.69, 9.17) is 0 Å². The number of fused-ring (bicyclic) bond motifs is 1. The highest BCUT2D eigenvalue weighted by Crippen LogP contribution is 2.39. The van der Waals surface area contributed by atoms with Crippen LogP contribution in [0.15, 0.2) is 24.5 Å². The van der Waals surface area contributed by atoms with E-state index in [2.05, 4.69) is 4.98 Å². The summed E-state index contributed by atoms with van der Waals surface area (Å²) in [6, 6.07) is 3.67. The number of rotatable bonds is 2. The summed E-state index contributed by atoms with van der Waals surface area (Å²) in [6.45, 7) is 2.53. The van der Waals surface area contributed by atoms with Crippen molar-refractivity contribution in [3.63, 3.8) is 0 Å². The molecular weight excluding hydrogens is 273 g/mol. The normalized spacial score (nSPS) is 28.7. The lowest BCUT2D eigenvalue weighted by Crippen LogP contribution is -2.55. The minimum atomic E-state index is -1.92. The van der Waals surface area contributed by atoms with E-state index in [1.807, 2.05) is 6.07 Å². The fraction of sp³-hybridized carbons (Fsp3) is 0.533. The van der Waals surface area contributed by atoms with E-state index in [0.717, 1.165) is 5.56 Å². The fourth-order valence-electron chi connectivity index (χ4n) is 3.22. The average molecular weight is 291 g/mol. The van der Waals surface area contributed by atoms with E-state index in [1.165, 1.54) is 16.7 Å². The van der Waals surface area contributed by atoms with Gasteiger partial charge < -0.3 is 9.80 Å². The SMILES string of the molecule is CC(=O)N1C[C@@H]2CCN(Cc3cccnc3)C(=O)[C@]2(F)C1. The van der Waals surface area contributed by atoms with Gasteiger partial charge in [-0.15, -0.1) is 0 Å². The van der Waals surface area contributed by atoms with Crippen LogP contribution < -0.4 is 0 Å². The van der Waals surface area contributed by atoms with Crippen LogP contribution in [0.5, 0.6) is 0 Å². The van der Waals surface area contributed by atoms with Crippen LogP contribution in [0.25, 0.3) is 0 Å². The molecule has 0 spiro atoms. The number of pyridine rings is 1. The Hall–Kier alpha value is -1.98. The van der Waals surface area contributed by atoms with Gasteiger partial charge in [0.1, 0.15) is 0 Å². The molecule has 0 saturated carbocycles. The number of nitrogens with zero attached hydrogens (tertiary/aromatic N) is 3. The number of alkyl halides is 1. The van der Waals surface area contributed by atoms with Gasteiger partial charge in [-0.05, 0) is 18.1 Å². The summed E-state index contributed by atoms with van der Waals surface area (Å²) in [7, 11) is 0. The van der Waals surface area contributed by atoms with E-state index >= 15 is 4.39 Å². The molecule has 6 heteroatoms. The molecule has 5 nitrogen and oxygen atoms in total. The molecule has 2 aliphatic rings. The van der Waals surface area contributed by atoms with Crippen molar-refractivity contribution in [2.24, 2.45) is 5.92 Å². The van der Waals surface area contributed by atoms with Gasteiger partial charge >= 0.3 is 0 Å². The molecule has 0 N–H and O–H groups in total. The zero-order chi connectivity index (χ0) is 15.0. The Labute approximate surface area is 122 Å².